The van der Waals surface area contributed by atoms with Gasteiger partial charge in [0.1, 0.15) is 17.3 Å². The summed E-state index contributed by atoms with van der Waals surface area (Å²) in [6, 6.07) is 13.2. The molecule has 9 heteroatoms. The van der Waals surface area contributed by atoms with Gasteiger partial charge in [0.2, 0.25) is 5.78 Å². The van der Waals surface area contributed by atoms with Crippen molar-refractivity contribution in [2.24, 2.45) is 0 Å². The molecule has 1 amide bonds. The summed E-state index contributed by atoms with van der Waals surface area (Å²) in [7, 11) is 0. The Hall–Kier alpha value is -3.98. The molecule has 1 atom stereocenters. The maximum atomic E-state index is 13.8. The van der Waals surface area contributed by atoms with Crippen molar-refractivity contribution >= 4 is 38.4 Å². The smallest absolute Gasteiger partial charge is 0.296 e. The predicted molar refractivity (Wildman–Crippen MR) is 125 cm³/mol. The van der Waals surface area contributed by atoms with Crippen LogP contribution in [0.5, 0.6) is 5.75 Å². The molecule has 34 heavy (non-hydrogen) atoms. The summed E-state index contributed by atoms with van der Waals surface area (Å²) in [5.74, 6) is -1.43. The number of carbonyl (C=O) groups excluding carboxylic acids is 2. The minimum Gasteiger partial charge on any atom is -0.503 e. The van der Waals surface area contributed by atoms with E-state index in [0.29, 0.717) is 33.9 Å². The van der Waals surface area contributed by atoms with Gasteiger partial charge in [-0.2, -0.15) is 0 Å². The van der Waals surface area contributed by atoms with E-state index in [1.807, 2.05) is 6.92 Å². The van der Waals surface area contributed by atoms with Gasteiger partial charge in [-0.25, -0.2) is 9.37 Å². The minimum atomic E-state index is -0.990. The number of hydrogen-bond acceptors (Lipinski definition) is 7. The summed E-state index contributed by atoms with van der Waals surface area (Å²) in [6.45, 7) is 3.97. The quantitative estimate of drug-likeness (QED) is 0.367. The van der Waals surface area contributed by atoms with Gasteiger partial charge in [0.15, 0.2) is 16.7 Å². The first-order chi connectivity index (χ1) is 16.4. The van der Waals surface area contributed by atoms with Crippen molar-refractivity contribution in [3.05, 3.63) is 88.8 Å². The molecule has 0 fully saturated rings. The Bertz CT molecular complexity index is 1470. The number of aliphatic hydroxyl groups excluding tert-OH is 1. The molecule has 1 N–H and O–H groups in total. The van der Waals surface area contributed by atoms with E-state index in [9.17, 15) is 19.1 Å². The topological polar surface area (TPSA) is 92.9 Å². The number of furan rings is 1. The highest BCUT2D eigenvalue weighted by atomic mass is 32.1. The number of Topliss-reactive ketones (excluding diaryl/α,β-unsaturated/α-hetero) is 1. The summed E-state index contributed by atoms with van der Waals surface area (Å²) < 4.78 is 25.4. The van der Waals surface area contributed by atoms with E-state index in [0.717, 1.165) is 11.3 Å². The molecule has 172 valence electrons. The number of aliphatic hydroxyl groups is 1. The summed E-state index contributed by atoms with van der Waals surface area (Å²) in [5.41, 5.74) is 0.913. The van der Waals surface area contributed by atoms with Crippen LogP contribution in [0.1, 0.15) is 34.8 Å². The van der Waals surface area contributed by atoms with Gasteiger partial charge in [-0.15, -0.1) is 0 Å². The Morgan fingerprint density at radius 3 is 2.79 bits per heavy atom. The number of anilines is 1. The molecule has 5 rings (SSSR count). The third-order valence-electron chi connectivity index (χ3n) is 5.45. The average molecular weight is 479 g/mol. The number of carbonyl (C=O) groups is 2. The van der Waals surface area contributed by atoms with Crippen molar-refractivity contribution in [1.82, 2.24) is 4.98 Å². The maximum Gasteiger partial charge on any atom is 0.296 e. The fraction of sp³-hybridized carbons (Fsp3) is 0.160. The highest BCUT2D eigenvalue weighted by molar-refractivity contribution is 7.22. The zero-order valence-electron chi connectivity index (χ0n) is 18.2. The second-order valence-electron chi connectivity index (χ2n) is 7.69. The summed E-state index contributed by atoms with van der Waals surface area (Å²) >= 11 is 1.09. The van der Waals surface area contributed by atoms with Crippen molar-refractivity contribution in [2.75, 3.05) is 11.5 Å². The Kier molecular flexibility index (Phi) is 5.41. The highest BCUT2D eigenvalue weighted by Gasteiger charge is 2.46. The lowest BCUT2D eigenvalue weighted by molar-refractivity contribution is -0.117. The van der Waals surface area contributed by atoms with E-state index in [1.165, 1.54) is 29.2 Å². The zero-order valence-corrected chi connectivity index (χ0v) is 19.1. The van der Waals surface area contributed by atoms with Crippen molar-refractivity contribution < 1.29 is 28.2 Å². The molecule has 2 aromatic heterocycles. The summed E-state index contributed by atoms with van der Waals surface area (Å²) in [4.78, 5) is 32.4. The number of thiazole rings is 1. The van der Waals surface area contributed by atoms with Crippen LogP contribution >= 0.6 is 11.3 Å². The number of hydrogen-bond donors (Lipinski definition) is 1. The van der Waals surface area contributed by atoms with E-state index < -0.39 is 29.3 Å². The molecule has 1 unspecified atom stereocenters. The standard InChI is InChI=1S/C25H19FN2O5S/c1-3-32-16-6-4-5-14(11-16)21-20(22(29)18-10-7-13(2)33-18)23(30)24(31)28(21)25-27-17-9-8-15(26)12-19(17)34-25/h4-12,21,30H,3H2,1-2H3. The second-order valence-corrected chi connectivity index (χ2v) is 8.70. The molecule has 0 bridgehead atoms. The SMILES string of the molecule is CCOc1cccc(C2C(C(=O)c3ccc(C)o3)=C(O)C(=O)N2c2nc3ccc(F)cc3s2)c1. The van der Waals surface area contributed by atoms with Crippen LogP contribution in [-0.2, 0) is 4.79 Å². The average Bonchev–Trinajstić information content (AvgIpc) is 3.50. The number of fused-ring (bicyclic) bond motifs is 1. The van der Waals surface area contributed by atoms with E-state index in [1.54, 1.807) is 37.3 Å². The number of ether oxygens (including phenoxy) is 1. The van der Waals surface area contributed by atoms with Gasteiger partial charge in [0, 0.05) is 0 Å². The fourth-order valence-corrected chi connectivity index (χ4v) is 4.99. The number of nitrogens with zero attached hydrogens (tertiary/aromatic N) is 2. The molecule has 0 spiro atoms. The predicted octanol–water partition coefficient (Wildman–Crippen LogP) is 5.52. The molecule has 2 aromatic carbocycles. The van der Waals surface area contributed by atoms with Gasteiger partial charge in [-0.05, 0) is 61.9 Å². The zero-order chi connectivity index (χ0) is 24.0. The highest BCUT2D eigenvalue weighted by Crippen LogP contribution is 2.44. The van der Waals surface area contributed by atoms with E-state index in [-0.39, 0.29) is 16.5 Å². The number of aromatic nitrogens is 1. The number of ketones is 1. The Morgan fingerprint density at radius 2 is 2.06 bits per heavy atom. The van der Waals surface area contributed by atoms with Gasteiger partial charge in [0.25, 0.3) is 5.91 Å². The molecule has 0 aliphatic carbocycles. The first-order valence-electron chi connectivity index (χ1n) is 10.5. The number of benzene rings is 2. The van der Waals surface area contributed by atoms with Gasteiger partial charge >= 0.3 is 0 Å². The van der Waals surface area contributed by atoms with Crippen LogP contribution in [0.3, 0.4) is 0 Å². The first-order valence-corrected chi connectivity index (χ1v) is 11.4. The monoisotopic (exact) mass is 478 g/mol. The fourth-order valence-electron chi connectivity index (χ4n) is 3.97. The molecular weight excluding hydrogens is 459 g/mol. The van der Waals surface area contributed by atoms with Crippen LogP contribution in [0.25, 0.3) is 10.2 Å². The van der Waals surface area contributed by atoms with E-state index in [2.05, 4.69) is 4.98 Å². The number of halogens is 1. The number of rotatable bonds is 6. The first kappa shape index (κ1) is 21.8. The van der Waals surface area contributed by atoms with Crippen molar-refractivity contribution in [1.29, 1.82) is 0 Å². The Balaban J connectivity index is 1.68. The van der Waals surface area contributed by atoms with Gasteiger partial charge in [0.05, 0.1) is 28.4 Å². The Labute approximate surface area is 197 Å². The number of aryl methyl sites for hydroxylation is 1. The molecule has 4 aromatic rings. The van der Waals surface area contributed by atoms with E-state index >= 15 is 0 Å². The summed E-state index contributed by atoms with van der Waals surface area (Å²) in [6.07, 6.45) is 0. The minimum absolute atomic E-state index is 0.00559. The van der Waals surface area contributed by atoms with Gasteiger partial charge in [-0.3, -0.25) is 14.5 Å². The summed E-state index contributed by atoms with van der Waals surface area (Å²) in [5, 5.41) is 11.1. The molecule has 1 aliphatic heterocycles. The van der Waals surface area contributed by atoms with Gasteiger partial charge in [-0.1, -0.05) is 23.5 Å². The van der Waals surface area contributed by atoms with Crippen LogP contribution in [0.15, 0.2) is 70.3 Å². The van der Waals surface area contributed by atoms with E-state index in [4.69, 9.17) is 9.15 Å². The lowest BCUT2D eigenvalue weighted by Crippen LogP contribution is -2.31. The third-order valence-corrected chi connectivity index (χ3v) is 6.46. The molecule has 0 saturated carbocycles. The van der Waals surface area contributed by atoms with Crippen molar-refractivity contribution in [3.8, 4) is 5.75 Å². The molecule has 0 saturated heterocycles. The lowest BCUT2D eigenvalue weighted by atomic mass is 9.95. The molecule has 1 aliphatic rings. The van der Waals surface area contributed by atoms with Crippen LogP contribution in [0.4, 0.5) is 9.52 Å². The van der Waals surface area contributed by atoms with Gasteiger partial charge < -0.3 is 14.3 Å². The van der Waals surface area contributed by atoms with Crippen LogP contribution in [-0.4, -0.2) is 28.4 Å². The second kappa shape index (κ2) is 8.42. The number of amides is 1. The lowest BCUT2D eigenvalue weighted by Gasteiger charge is -2.24. The Morgan fingerprint density at radius 1 is 1.24 bits per heavy atom. The van der Waals surface area contributed by atoms with Crippen LogP contribution in [0.2, 0.25) is 0 Å². The van der Waals surface area contributed by atoms with Crippen LogP contribution < -0.4 is 9.64 Å². The largest absolute Gasteiger partial charge is 0.503 e. The molecular formula is C25H19FN2O5S. The molecule has 7 nitrogen and oxygen atoms in total. The molecule has 0 radical (unpaired) electrons. The van der Waals surface area contributed by atoms with Crippen LogP contribution in [0, 0.1) is 12.7 Å². The van der Waals surface area contributed by atoms with Crippen molar-refractivity contribution in [2.45, 2.75) is 19.9 Å². The third kappa shape index (κ3) is 3.63. The normalized spacial score (nSPS) is 16.0. The molecule has 3 heterocycles. The van der Waals surface area contributed by atoms with Crippen molar-refractivity contribution in [3.63, 3.8) is 0 Å². The maximum absolute atomic E-state index is 13.8.